The number of nitrogens with zero attached hydrogens (tertiary/aromatic N) is 4. The molecule has 7 aromatic rings. The van der Waals surface area contributed by atoms with E-state index in [9.17, 15) is 10.2 Å². The number of phenolic OH excluding ortho intramolecular Hbond substituents is 2. The Kier molecular flexibility index (Phi) is 6.90. The maximum absolute atomic E-state index is 11.0. The molecule has 0 unspecified atom stereocenters. The summed E-state index contributed by atoms with van der Waals surface area (Å²) in [7, 11) is 2.03. The molecule has 44 heavy (non-hydrogen) atoms. The highest BCUT2D eigenvalue weighted by Gasteiger charge is 2.14. The first-order chi connectivity index (χ1) is 21.4. The fraction of sp³-hybridized carbons (Fsp3) is 0.158. The van der Waals surface area contributed by atoms with E-state index in [2.05, 4.69) is 46.4 Å². The van der Waals surface area contributed by atoms with Crippen LogP contribution in [0.15, 0.2) is 101 Å². The van der Waals surface area contributed by atoms with Crippen LogP contribution >= 0.6 is 0 Å². The van der Waals surface area contributed by atoms with E-state index in [1.807, 2.05) is 74.6 Å². The smallest absolute Gasteiger partial charge is 0.125 e. The van der Waals surface area contributed by atoms with Crippen molar-refractivity contribution in [1.82, 2.24) is 9.13 Å². The molecular weight excluding hydrogens is 544 g/mol. The van der Waals surface area contributed by atoms with Crippen LogP contribution < -0.4 is 0 Å². The van der Waals surface area contributed by atoms with Crippen LogP contribution in [-0.4, -0.2) is 31.8 Å². The normalized spacial score (nSPS) is 12.2. The molecule has 0 saturated carbocycles. The van der Waals surface area contributed by atoms with Gasteiger partial charge in [-0.15, -0.1) is 0 Å². The van der Waals surface area contributed by atoms with Gasteiger partial charge in [0.05, 0.1) is 16.9 Å². The minimum absolute atomic E-state index is 0.173. The van der Waals surface area contributed by atoms with E-state index in [4.69, 9.17) is 9.98 Å². The van der Waals surface area contributed by atoms with Crippen molar-refractivity contribution in [3.63, 3.8) is 0 Å². The Labute approximate surface area is 255 Å². The van der Waals surface area contributed by atoms with Gasteiger partial charge in [-0.25, -0.2) is 0 Å². The summed E-state index contributed by atoms with van der Waals surface area (Å²) in [5.41, 5.74) is 8.06. The predicted molar refractivity (Wildman–Crippen MR) is 184 cm³/mol. The summed E-state index contributed by atoms with van der Waals surface area (Å²) in [4.78, 5) is 9.56. The quantitative estimate of drug-likeness (QED) is 0.185. The second-order valence-electron chi connectivity index (χ2n) is 11.5. The van der Waals surface area contributed by atoms with Crippen LogP contribution in [0.25, 0.3) is 43.6 Å². The highest BCUT2D eigenvalue weighted by atomic mass is 16.3. The minimum atomic E-state index is 0.173. The number of aromatic hydroxyl groups is 2. The molecule has 5 aromatic carbocycles. The predicted octanol–water partition coefficient (Wildman–Crippen LogP) is 9.46. The number of phenols is 2. The molecule has 0 atom stereocenters. The summed E-state index contributed by atoms with van der Waals surface area (Å²) in [5.74, 6) is 0.358. The van der Waals surface area contributed by atoms with E-state index in [-0.39, 0.29) is 11.5 Å². The number of unbranched alkanes of at least 4 members (excludes halogenated alkanes) is 1. The van der Waals surface area contributed by atoms with E-state index < -0.39 is 0 Å². The fourth-order valence-corrected chi connectivity index (χ4v) is 6.20. The molecule has 0 amide bonds. The average molecular weight is 579 g/mol. The molecule has 0 aliphatic heterocycles. The lowest BCUT2D eigenvalue weighted by Crippen LogP contribution is -1.97. The number of para-hydroxylation sites is 2. The fourth-order valence-electron chi connectivity index (χ4n) is 6.20. The van der Waals surface area contributed by atoms with E-state index in [1.165, 1.54) is 5.52 Å². The van der Waals surface area contributed by atoms with Crippen molar-refractivity contribution in [3.05, 3.63) is 108 Å². The Hall–Kier alpha value is -5.36. The first-order valence-corrected chi connectivity index (χ1v) is 15.1. The minimum Gasteiger partial charge on any atom is -0.507 e. The lowest BCUT2D eigenvalue weighted by Gasteiger charge is -2.08. The van der Waals surface area contributed by atoms with Crippen LogP contribution in [0.4, 0.5) is 11.4 Å². The van der Waals surface area contributed by atoms with Gasteiger partial charge in [0.25, 0.3) is 0 Å². The third kappa shape index (κ3) is 4.69. The zero-order valence-corrected chi connectivity index (χ0v) is 25.1. The molecule has 2 N–H and O–H groups in total. The zero-order chi connectivity index (χ0) is 30.4. The number of fused-ring (bicyclic) bond motifs is 6. The van der Waals surface area contributed by atoms with Crippen LogP contribution in [0.2, 0.25) is 0 Å². The van der Waals surface area contributed by atoms with Crippen LogP contribution in [0, 0.1) is 6.92 Å². The van der Waals surface area contributed by atoms with Gasteiger partial charge in [-0.05, 0) is 67.4 Å². The van der Waals surface area contributed by atoms with Gasteiger partial charge < -0.3 is 19.3 Å². The van der Waals surface area contributed by atoms with Crippen molar-refractivity contribution in [2.75, 3.05) is 0 Å². The van der Waals surface area contributed by atoms with Crippen molar-refractivity contribution in [2.24, 2.45) is 17.0 Å². The third-order valence-corrected chi connectivity index (χ3v) is 8.53. The Morgan fingerprint density at radius 1 is 0.636 bits per heavy atom. The lowest BCUT2D eigenvalue weighted by molar-refractivity contribution is 0.475. The summed E-state index contributed by atoms with van der Waals surface area (Å²) in [6.07, 6.45) is 5.58. The molecule has 0 saturated heterocycles. The van der Waals surface area contributed by atoms with Crippen LogP contribution in [0.5, 0.6) is 11.5 Å². The average Bonchev–Trinajstić information content (AvgIpc) is 3.48. The van der Waals surface area contributed by atoms with Crippen molar-refractivity contribution in [2.45, 2.75) is 33.2 Å². The van der Waals surface area contributed by atoms with Crippen LogP contribution in [-0.2, 0) is 13.6 Å². The van der Waals surface area contributed by atoms with Gasteiger partial charge in [-0.1, -0.05) is 55.8 Å². The molecule has 2 aromatic heterocycles. The van der Waals surface area contributed by atoms with E-state index in [1.54, 1.807) is 12.4 Å². The summed E-state index contributed by atoms with van der Waals surface area (Å²) in [6.45, 7) is 5.12. The van der Waals surface area contributed by atoms with Gasteiger partial charge in [-0.2, -0.15) is 0 Å². The SMILES string of the molecule is CCCCn1c2ccccc2c2cc(O)c(C=Nc3ccc(C)cc3N=Cc3cc4c(cc3O)c3ccccc3n4C)cc21. The van der Waals surface area contributed by atoms with Gasteiger partial charge in [0.15, 0.2) is 0 Å². The number of aryl methyl sites for hydroxylation is 3. The molecule has 6 heteroatoms. The van der Waals surface area contributed by atoms with Gasteiger partial charge in [0.1, 0.15) is 11.5 Å². The number of aromatic nitrogens is 2. The first kappa shape index (κ1) is 27.5. The summed E-state index contributed by atoms with van der Waals surface area (Å²) >= 11 is 0. The summed E-state index contributed by atoms with van der Waals surface area (Å²) < 4.78 is 4.47. The van der Waals surface area contributed by atoms with E-state index in [0.29, 0.717) is 22.5 Å². The van der Waals surface area contributed by atoms with Crippen molar-refractivity contribution in [1.29, 1.82) is 0 Å². The highest BCUT2D eigenvalue weighted by Crippen LogP contribution is 2.36. The topological polar surface area (TPSA) is 75.0 Å². The maximum atomic E-state index is 11.0. The van der Waals surface area contributed by atoms with Crippen LogP contribution in [0.1, 0.15) is 36.5 Å². The molecule has 0 aliphatic carbocycles. The second-order valence-corrected chi connectivity index (χ2v) is 11.5. The maximum Gasteiger partial charge on any atom is 0.125 e. The Morgan fingerprint density at radius 3 is 1.93 bits per heavy atom. The molecule has 218 valence electrons. The molecular formula is C38H34N4O2. The number of rotatable bonds is 7. The van der Waals surface area contributed by atoms with Gasteiger partial charge in [0.2, 0.25) is 0 Å². The van der Waals surface area contributed by atoms with Gasteiger partial charge in [-0.3, -0.25) is 9.98 Å². The number of hydrogen-bond acceptors (Lipinski definition) is 4. The van der Waals surface area contributed by atoms with Crippen molar-refractivity contribution >= 4 is 67.4 Å². The molecule has 6 nitrogen and oxygen atoms in total. The largest absolute Gasteiger partial charge is 0.507 e. The Balaban J connectivity index is 1.26. The molecule has 2 heterocycles. The monoisotopic (exact) mass is 578 g/mol. The molecule has 0 spiro atoms. The van der Waals surface area contributed by atoms with Gasteiger partial charge in [0, 0.05) is 75.2 Å². The summed E-state index contributed by atoms with van der Waals surface area (Å²) in [5, 5.41) is 26.2. The van der Waals surface area contributed by atoms with Crippen LogP contribution in [0.3, 0.4) is 0 Å². The number of benzene rings is 5. The Bertz CT molecular complexity index is 2270. The molecule has 0 fully saturated rings. The number of aliphatic imine (C=N–C) groups is 2. The lowest BCUT2D eigenvalue weighted by atomic mass is 10.1. The second kappa shape index (κ2) is 11.0. The first-order valence-electron chi connectivity index (χ1n) is 15.1. The zero-order valence-electron chi connectivity index (χ0n) is 25.1. The molecule has 0 aliphatic rings. The van der Waals surface area contributed by atoms with E-state index >= 15 is 0 Å². The standard InChI is InChI=1S/C38H34N4O2/c1-4-5-16-42-34-13-9-7-11-28(34)30-21-38(44)26(19-36(30)42)22-39-31-15-14-24(2)17-32(31)40-23-25-18-35-29(20-37(25)43)27-10-6-8-12-33(27)41(35)3/h6-15,17-23,43-44H,4-5,16H2,1-3H3. The summed E-state index contributed by atoms with van der Waals surface area (Å²) in [6, 6.07) is 30.1. The number of hydrogen-bond donors (Lipinski definition) is 2. The van der Waals surface area contributed by atoms with E-state index in [0.717, 1.165) is 63.0 Å². The molecule has 0 bridgehead atoms. The molecule has 7 rings (SSSR count). The van der Waals surface area contributed by atoms with Crippen molar-refractivity contribution < 1.29 is 10.2 Å². The van der Waals surface area contributed by atoms with Gasteiger partial charge >= 0.3 is 0 Å². The highest BCUT2D eigenvalue weighted by molar-refractivity contribution is 6.11. The van der Waals surface area contributed by atoms with Crippen molar-refractivity contribution in [3.8, 4) is 11.5 Å². The Morgan fingerprint density at radius 2 is 1.23 bits per heavy atom. The molecule has 0 radical (unpaired) electrons. The third-order valence-electron chi connectivity index (χ3n) is 8.53.